The van der Waals surface area contributed by atoms with Crippen LogP contribution >= 0.6 is 23.1 Å². The van der Waals surface area contributed by atoms with Gasteiger partial charge in [0.1, 0.15) is 6.04 Å². The summed E-state index contributed by atoms with van der Waals surface area (Å²) in [6.07, 6.45) is 1.91. The molecule has 3 atom stereocenters. The summed E-state index contributed by atoms with van der Waals surface area (Å²) in [5, 5.41) is 13.9. The average Bonchev–Trinajstić information content (AvgIpc) is 2.83. The van der Waals surface area contributed by atoms with Crippen molar-refractivity contribution in [3.05, 3.63) is 22.4 Å². The van der Waals surface area contributed by atoms with Crippen LogP contribution in [-0.4, -0.2) is 35.2 Å². The van der Waals surface area contributed by atoms with E-state index in [1.807, 2.05) is 30.7 Å². The molecule has 0 spiro atoms. The molecule has 0 aliphatic rings. The fraction of sp³-hybridized carbons (Fsp3) is 0.545. The van der Waals surface area contributed by atoms with Crippen molar-refractivity contribution in [1.29, 1.82) is 0 Å². The Labute approximate surface area is 110 Å². The summed E-state index contributed by atoms with van der Waals surface area (Å²) in [7, 11) is 0. The molecule has 0 aromatic carbocycles. The number of rotatable bonds is 6. The Bertz CT molecular complexity index is 339. The molecule has 6 heteroatoms. The quantitative estimate of drug-likeness (QED) is 0.723. The van der Waals surface area contributed by atoms with Crippen LogP contribution < -0.4 is 11.1 Å². The highest BCUT2D eigenvalue weighted by atomic mass is 32.2. The summed E-state index contributed by atoms with van der Waals surface area (Å²) >= 11 is 2.99. The van der Waals surface area contributed by atoms with E-state index in [4.69, 9.17) is 10.8 Å². The van der Waals surface area contributed by atoms with Gasteiger partial charge in [-0.3, -0.25) is 4.79 Å². The lowest BCUT2D eigenvalue weighted by molar-refractivity contribution is -0.123. The van der Waals surface area contributed by atoms with E-state index in [1.54, 1.807) is 0 Å². The van der Waals surface area contributed by atoms with Gasteiger partial charge in [-0.15, -0.1) is 11.3 Å². The zero-order valence-corrected chi connectivity index (χ0v) is 11.6. The van der Waals surface area contributed by atoms with Crippen molar-refractivity contribution in [2.75, 3.05) is 12.9 Å². The van der Waals surface area contributed by atoms with Gasteiger partial charge in [0.05, 0.1) is 6.61 Å². The molecule has 0 aliphatic carbocycles. The SMILES string of the molecule is CSC(CO)C(C)NC(=O)C(N)c1cccs1. The van der Waals surface area contributed by atoms with Crippen LogP contribution in [0.2, 0.25) is 0 Å². The zero-order valence-electron chi connectivity index (χ0n) is 9.92. The number of aliphatic hydroxyl groups excluding tert-OH is 1. The van der Waals surface area contributed by atoms with E-state index in [1.165, 1.54) is 23.1 Å². The summed E-state index contributed by atoms with van der Waals surface area (Å²) in [6.45, 7) is 1.91. The van der Waals surface area contributed by atoms with Crippen LogP contribution in [-0.2, 0) is 4.79 Å². The molecular weight excluding hydrogens is 256 g/mol. The van der Waals surface area contributed by atoms with Crippen molar-refractivity contribution in [1.82, 2.24) is 5.32 Å². The van der Waals surface area contributed by atoms with Gasteiger partial charge >= 0.3 is 0 Å². The van der Waals surface area contributed by atoms with Crippen molar-refractivity contribution < 1.29 is 9.90 Å². The van der Waals surface area contributed by atoms with Crippen molar-refractivity contribution in [3.8, 4) is 0 Å². The first-order valence-corrected chi connectivity index (χ1v) is 7.50. The van der Waals surface area contributed by atoms with Crippen LogP contribution in [0.1, 0.15) is 17.8 Å². The third-order valence-corrected chi connectivity index (χ3v) is 4.66. The zero-order chi connectivity index (χ0) is 12.8. The minimum absolute atomic E-state index is 0.00511. The topological polar surface area (TPSA) is 75.3 Å². The molecule has 1 aromatic rings. The molecule has 96 valence electrons. The molecule has 4 nitrogen and oxygen atoms in total. The first kappa shape index (κ1) is 14.5. The Morgan fingerprint density at radius 3 is 2.88 bits per heavy atom. The number of nitrogens with two attached hydrogens (primary N) is 1. The molecule has 0 saturated heterocycles. The summed E-state index contributed by atoms with van der Waals surface area (Å²) in [4.78, 5) is 12.7. The predicted octanol–water partition coefficient (Wildman–Crippen LogP) is 0.976. The van der Waals surface area contributed by atoms with Crippen molar-refractivity contribution in [2.24, 2.45) is 5.73 Å². The summed E-state index contributed by atoms with van der Waals surface area (Å²) in [6, 6.07) is 2.99. The van der Waals surface area contributed by atoms with Gasteiger partial charge in [-0.1, -0.05) is 6.07 Å². The van der Waals surface area contributed by atoms with Crippen molar-refractivity contribution >= 4 is 29.0 Å². The maximum Gasteiger partial charge on any atom is 0.242 e. The Morgan fingerprint density at radius 1 is 1.71 bits per heavy atom. The van der Waals surface area contributed by atoms with Crippen molar-refractivity contribution in [2.45, 2.75) is 24.3 Å². The largest absolute Gasteiger partial charge is 0.395 e. The van der Waals surface area contributed by atoms with Crippen LogP contribution in [0.3, 0.4) is 0 Å². The van der Waals surface area contributed by atoms with Gasteiger partial charge in [-0.2, -0.15) is 11.8 Å². The minimum atomic E-state index is -0.626. The van der Waals surface area contributed by atoms with Crippen LogP contribution in [0.5, 0.6) is 0 Å². The van der Waals surface area contributed by atoms with Gasteiger partial charge in [0.15, 0.2) is 0 Å². The normalized spacial score (nSPS) is 16.2. The molecule has 4 N–H and O–H groups in total. The van der Waals surface area contributed by atoms with E-state index in [-0.39, 0.29) is 23.8 Å². The van der Waals surface area contributed by atoms with Gasteiger partial charge in [0.25, 0.3) is 0 Å². The van der Waals surface area contributed by atoms with Gasteiger partial charge in [-0.25, -0.2) is 0 Å². The molecule has 0 fully saturated rings. The maximum absolute atomic E-state index is 11.9. The Morgan fingerprint density at radius 2 is 2.41 bits per heavy atom. The Balaban J connectivity index is 2.54. The van der Waals surface area contributed by atoms with E-state index >= 15 is 0 Å². The van der Waals surface area contributed by atoms with E-state index < -0.39 is 6.04 Å². The molecule has 1 heterocycles. The third-order valence-electron chi connectivity index (χ3n) is 2.54. The Hall–Kier alpha value is -0.560. The second-order valence-corrected chi connectivity index (χ2v) is 5.80. The molecule has 1 rings (SSSR count). The van der Waals surface area contributed by atoms with Gasteiger partial charge in [0.2, 0.25) is 5.91 Å². The Kier molecular flexibility index (Phi) is 5.97. The van der Waals surface area contributed by atoms with E-state index in [9.17, 15) is 4.79 Å². The highest BCUT2D eigenvalue weighted by molar-refractivity contribution is 7.99. The lowest BCUT2D eigenvalue weighted by Crippen LogP contribution is -2.44. The van der Waals surface area contributed by atoms with E-state index in [2.05, 4.69) is 5.32 Å². The first-order chi connectivity index (χ1) is 8.10. The van der Waals surface area contributed by atoms with Crippen LogP contribution in [0.15, 0.2) is 17.5 Å². The smallest absolute Gasteiger partial charge is 0.242 e. The summed E-state index contributed by atoms with van der Waals surface area (Å²) in [5.41, 5.74) is 5.84. The van der Waals surface area contributed by atoms with Crippen LogP contribution in [0, 0.1) is 0 Å². The number of hydrogen-bond acceptors (Lipinski definition) is 5. The molecule has 0 aliphatic heterocycles. The fourth-order valence-electron chi connectivity index (χ4n) is 1.44. The number of thiophene rings is 1. The lowest BCUT2D eigenvalue weighted by Gasteiger charge is -2.22. The third kappa shape index (κ3) is 3.99. The van der Waals surface area contributed by atoms with Gasteiger partial charge in [0, 0.05) is 16.2 Å². The number of amides is 1. The lowest BCUT2D eigenvalue weighted by atomic mass is 10.2. The number of thioether (sulfide) groups is 1. The maximum atomic E-state index is 11.9. The highest BCUT2D eigenvalue weighted by Gasteiger charge is 2.22. The molecule has 0 radical (unpaired) electrons. The number of hydrogen-bond donors (Lipinski definition) is 3. The number of carbonyl (C=O) groups is 1. The minimum Gasteiger partial charge on any atom is -0.395 e. The molecule has 1 amide bonds. The number of aliphatic hydroxyl groups is 1. The van der Waals surface area contributed by atoms with Gasteiger partial charge in [-0.05, 0) is 24.6 Å². The molecule has 1 aromatic heterocycles. The second-order valence-electron chi connectivity index (χ2n) is 3.75. The fourth-order valence-corrected chi connectivity index (χ4v) is 2.79. The first-order valence-electron chi connectivity index (χ1n) is 5.33. The summed E-state index contributed by atoms with van der Waals surface area (Å²) in [5.74, 6) is -0.201. The van der Waals surface area contributed by atoms with Crippen molar-refractivity contribution in [3.63, 3.8) is 0 Å². The molecule has 0 bridgehead atoms. The summed E-state index contributed by atoms with van der Waals surface area (Å²) < 4.78 is 0. The van der Waals surface area contributed by atoms with Gasteiger partial charge < -0.3 is 16.2 Å². The molecular formula is C11H18N2O2S2. The monoisotopic (exact) mass is 274 g/mol. The van der Waals surface area contributed by atoms with E-state index in [0.29, 0.717) is 0 Å². The highest BCUT2D eigenvalue weighted by Crippen LogP contribution is 2.17. The van der Waals surface area contributed by atoms with Crippen LogP contribution in [0.25, 0.3) is 0 Å². The molecule has 3 unspecified atom stereocenters. The van der Waals surface area contributed by atoms with Crippen LogP contribution in [0.4, 0.5) is 0 Å². The number of nitrogens with one attached hydrogen (secondary N) is 1. The predicted molar refractivity (Wildman–Crippen MR) is 73.2 cm³/mol. The standard InChI is InChI=1S/C11H18N2O2S2/c1-7(9(6-14)16-2)13-11(15)10(12)8-4-3-5-17-8/h3-5,7,9-10,14H,6,12H2,1-2H3,(H,13,15). The number of carbonyl (C=O) groups excluding carboxylic acids is 1. The van der Waals surface area contributed by atoms with E-state index in [0.717, 1.165) is 4.88 Å². The second kappa shape index (κ2) is 7.00. The average molecular weight is 274 g/mol. The molecule has 0 saturated carbocycles. The molecule has 17 heavy (non-hydrogen) atoms.